The van der Waals surface area contributed by atoms with Crippen molar-refractivity contribution in [3.8, 4) is 0 Å². The second-order valence-corrected chi connectivity index (χ2v) is 5.94. The van der Waals surface area contributed by atoms with Crippen molar-refractivity contribution in [3.05, 3.63) is 34.9 Å². The molecule has 3 heteroatoms. The molecule has 0 saturated carbocycles. The SMILES string of the molecule is Cc1ccc2c(c1)C(CO)(N1CCCNCC1)CC2. The fourth-order valence-electron chi connectivity index (χ4n) is 3.68. The van der Waals surface area contributed by atoms with Gasteiger partial charge in [-0.05, 0) is 43.9 Å². The van der Waals surface area contributed by atoms with E-state index in [9.17, 15) is 5.11 Å². The molecule has 1 saturated heterocycles. The van der Waals surface area contributed by atoms with Gasteiger partial charge >= 0.3 is 0 Å². The normalized spacial score (nSPS) is 28.1. The molecule has 1 aliphatic heterocycles. The Morgan fingerprint density at radius 1 is 1.32 bits per heavy atom. The second-order valence-electron chi connectivity index (χ2n) is 5.94. The maximum Gasteiger partial charge on any atom is 0.0700 e. The highest BCUT2D eigenvalue weighted by Gasteiger charge is 2.43. The molecule has 1 atom stereocenters. The van der Waals surface area contributed by atoms with Crippen LogP contribution in [0.3, 0.4) is 0 Å². The van der Waals surface area contributed by atoms with Gasteiger partial charge in [-0.2, -0.15) is 0 Å². The van der Waals surface area contributed by atoms with E-state index in [1.54, 1.807) is 0 Å². The molecule has 2 N–H and O–H groups in total. The molecule has 104 valence electrons. The van der Waals surface area contributed by atoms with Crippen molar-refractivity contribution >= 4 is 0 Å². The van der Waals surface area contributed by atoms with E-state index in [2.05, 4.69) is 35.3 Å². The van der Waals surface area contributed by atoms with Crippen LogP contribution in [0.2, 0.25) is 0 Å². The summed E-state index contributed by atoms with van der Waals surface area (Å²) in [5, 5.41) is 13.6. The summed E-state index contributed by atoms with van der Waals surface area (Å²) in [5.74, 6) is 0. The number of nitrogens with one attached hydrogen (secondary N) is 1. The molecule has 1 fully saturated rings. The quantitative estimate of drug-likeness (QED) is 0.844. The highest BCUT2D eigenvalue weighted by atomic mass is 16.3. The third-order valence-electron chi connectivity index (χ3n) is 4.78. The summed E-state index contributed by atoms with van der Waals surface area (Å²) in [4.78, 5) is 2.51. The Bertz CT molecular complexity index is 452. The Hall–Kier alpha value is -0.900. The first-order valence-electron chi connectivity index (χ1n) is 7.43. The van der Waals surface area contributed by atoms with Crippen molar-refractivity contribution in [3.63, 3.8) is 0 Å². The number of hydrogen-bond donors (Lipinski definition) is 2. The van der Waals surface area contributed by atoms with E-state index in [0.717, 1.165) is 39.0 Å². The number of aryl methyl sites for hydroxylation is 2. The zero-order valence-corrected chi connectivity index (χ0v) is 11.8. The summed E-state index contributed by atoms with van der Waals surface area (Å²) >= 11 is 0. The van der Waals surface area contributed by atoms with Gasteiger partial charge in [0.05, 0.1) is 12.1 Å². The highest BCUT2D eigenvalue weighted by Crippen LogP contribution is 2.42. The van der Waals surface area contributed by atoms with Gasteiger partial charge in [0, 0.05) is 19.6 Å². The van der Waals surface area contributed by atoms with Gasteiger partial charge in [-0.15, -0.1) is 0 Å². The number of aliphatic hydroxyl groups is 1. The molecular formula is C16H24N2O. The smallest absolute Gasteiger partial charge is 0.0700 e. The Morgan fingerprint density at radius 2 is 2.21 bits per heavy atom. The monoisotopic (exact) mass is 260 g/mol. The lowest BCUT2D eigenvalue weighted by molar-refractivity contribution is 0.0314. The minimum absolute atomic E-state index is 0.132. The molecule has 0 amide bonds. The van der Waals surface area contributed by atoms with Gasteiger partial charge in [0.25, 0.3) is 0 Å². The topological polar surface area (TPSA) is 35.5 Å². The molecule has 1 aliphatic carbocycles. The van der Waals surface area contributed by atoms with Crippen LogP contribution in [0.25, 0.3) is 0 Å². The van der Waals surface area contributed by atoms with Crippen LogP contribution in [-0.4, -0.2) is 42.8 Å². The fraction of sp³-hybridized carbons (Fsp3) is 0.625. The summed E-state index contributed by atoms with van der Waals surface area (Å²) in [6.07, 6.45) is 3.32. The molecule has 3 rings (SSSR count). The standard InChI is InChI=1S/C16H24N2O/c1-13-3-4-14-5-6-16(12-19,15(14)11-13)18-9-2-7-17-8-10-18/h3-4,11,17,19H,2,5-10,12H2,1H3. The molecule has 1 unspecified atom stereocenters. The first kappa shape index (κ1) is 13.1. The number of benzene rings is 1. The summed E-state index contributed by atoms with van der Waals surface area (Å²) in [6.45, 7) is 6.63. The fourth-order valence-corrected chi connectivity index (χ4v) is 3.68. The maximum atomic E-state index is 10.1. The lowest BCUT2D eigenvalue weighted by Crippen LogP contribution is -2.49. The minimum atomic E-state index is -0.132. The number of rotatable bonds is 2. The minimum Gasteiger partial charge on any atom is -0.394 e. The van der Waals surface area contributed by atoms with Crippen LogP contribution in [-0.2, 0) is 12.0 Å². The predicted molar refractivity (Wildman–Crippen MR) is 77.3 cm³/mol. The van der Waals surface area contributed by atoms with Gasteiger partial charge in [-0.25, -0.2) is 0 Å². The molecule has 1 aromatic carbocycles. The summed E-state index contributed by atoms with van der Waals surface area (Å²) in [5.41, 5.74) is 3.97. The van der Waals surface area contributed by atoms with Crippen molar-refractivity contribution in [2.24, 2.45) is 0 Å². The van der Waals surface area contributed by atoms with E-state index in [1.165, 1.54) is 23.1 Å². The molecule has 0 aromatic heterocycles. The van der Waals surface area contributed by atoms with E-state index >= 15 is 0 Å². The van der Waals surface area contributed by atoms with Gasteiger partial charge in [0.2, 0.25) is 0 Å². The molecular weight excluding hydrogens is 236 g/mol. The van der Waals surface area contributed by atoms with Gasteiger partial charge in [-0.1, -0.05) is 23.8 Å². The van der Waals surface area contributed by atoms with E-state index in [1.807, 2.05) is 0 Å². The number of nitrogens with zero attached hydrogens (tertiary/aromatic N) is 1. The van der Waals surface area contributed by atoms with E-state index in [4.69, 9.17) is 0 Å². The molecule has 2 aliphatic rings. The first-order chi connectivity index (χ1) is 9.26. The van der Waals surface area contributed by atoms with Crippen LogP contribution in [0.15, 0.2) is 18.2 Å². The molecule has 0 bridgehead atoms. The zero-order chi connectivity index (χ0) is 13.3. The van der Waals surface area contributed by atoms with Crippen LogP contribution in [0.5, 0.6) is 0 Å². The van der Waals surface area contributed by atoms with Crippen molar-refractivity contribution in [1.29, 1.82) is 0 Å². The number of hydrogen-bond acceptors (Lipinski definition) is 3. The Balaban J connectivity index is 1.98. The van der Waals surface area contributed by atoms with Crippen LogP contribution < -0.4 is 5.32 Å². The average molecular weight is 260 g/mol. The van der Waals surface area contributed by atoms with E-state index in [-0.39, 0.29) is 12.1 Å². The van der Waals surface area contributed by atoms with Crippen LogP contribution >= 0.6 is 0 Å². The van der Waals surface area contributed by atoms with E-state index < -0.39 is 0 Å². The summed E-state index contributed by atoms with van der Waals surface area (Å²) < 4.78 is 0. The van der Waals surface area contributed by atoms with Crippen molar-refractivity contribution < 1.29 is 5.11 Å². The maximum absolute atomic E-state index is 10.1. The molecule has 19 heavy (non-hydrogen) atoms. The van der Waals surface area contributed by atoms with Crippen LogP contribution in [0.4, 0.5) is 0 Å². The van der Waals surface area contributed by atoms with Gasteiger partial charge < -0.3 is 10.4 Å². The number of aliphatic hydroxyl groups excluding tert-OH is 1. The second kappa shape index (κ2) is 5.23. The van der Waals surface area contributed by atoms with E-state index in [0.29, 0.717) is 0 Å². The highest BCUT2D eigenvalue weighted by molar-refractivity contribution is 5.41. The Labute approximate surface area is 115 Å². The molecule has 3 nitrogen and oxygen atoms in total. The predicted octanol–water partition coefficient (Wildman–Crippen LogP) is 1.42. The van der Waals surface area contributed by atoms with Gasteiger partial charge in [0.15, 0.2) is 0 Å². The zero-order valence-electron chi connectivity index (χ0n) is 11.8. The molecule has 0 radical (unpaired) electrons. The lowest BCUT2D eigenvalue weighted by atomic mass is 9.89. The summed E-state index contributed by atoms with van der Waals surface area (Å²) in [7, 11) is 0. The number of fused-ring (bicyclic) bond motifs is 1. The van der Waals surface area contributed by atoms with Crippen molar-refractivity contribution in [2.45, 2.75) is 31.7 Å². The Morgan fingerprint density at radius 3 is 3.05 bits per heavy atom. The van der Waals surface area contributed by atoms with Gasteiger partial charge in [-0.3, -0.25) is 4.90 Å². The molecule has 0 spiro atoms. The van der Waals surface area contributed by atoms with Crippen molar-refractivity contribution in [1.82, 2.24) is 10.2 Å². The molecule has 1 heterocycles. The third-order valence-corrected chi connectivity index (χ3v) is 4.78. The largest absolute Gasteiger partial charge is 0.394 e. The summed E-state index contributed by atoms with van der Waals surface area (Å²) in [6, 6.07) is 6.73. The van der Waals surface area contributed by atoms with Crippen LogP contribution in [0.1, 0.15) is 29.5 Å². The molecule has 1 aromatic rings. The average Bonchev–Trinajstić information content (AvgIpc) is 2.62. The third kappa shape index (κ3) is 2.20. The van der Waals surface area contributed by atoms with Crippen molar-refractivity contribution in [2.75, 3.05) is 32.8 Å². The van der Waals surface area contributed by atoms with Crippen LogP contribution in [0, 0.1) is 6.92 Å². The lowest BCUT2D eigenvalue weighted by Gasteiger charge is -2.40. The Kier molecular flexibility index (Phi) is 3.61. The first-order valence-corrected chi connectivity index (χ1v) is 7.43. The van der Waals surface area contributed by atoms with Gasteiger partial charge in [0.1, 0.15) is 0 Å².